The molecule has 0 bridgehead atoms. The molecule has 2 rings (SSSR count). The lowest BCUT2D eigenvalue weighted by atomic mass is 9.92. The summed E-state index contributed by atoms with van der Waals surface area (Å²) in [5.41, 5.74) is -0.203. The largest absolute Gasteiger partial charge is 0.508 e. The van der Waals surface area contributed by atoms with Crippen LogP contribution in [-0.4, -0.2) is 58.3 Å². The van der Waals surface area contributed by atoms with Gasteiger partial charge in [0.1, 0.15) is 17.7 Å². The Hall–Kier alpha value is -1.74. The average Bonchev–Trinajstić information content (AvgIpc) is 2.69. The van der Waals surface area contributed by atoms with Crippen molar-refractivity contribution in [3.8, 4) is 0 Å². The number of carboxylic acids is 1. The Morgan fingerprint density at radius 1 is 1.50 bits per heavy atom. The van der Waals surface area contributed by atoms with Crippen LogP contribution in [0.25, 0.3) is 0 Å². The van der Waals surface area contributed by atoms with E-state index in [1.807, 2.05) is 0 Å². The second kappa shape index (κ2) is 5.33. The Bertz CT molecular complexity index is 501. The number of aliphatic hydroxyl groups is 1. The summed E-state index contributed by atoms with van der Waals surface area (Å²) in [6.07, 6.45) is -1.80. The molecule has 2 heterocycles. The van der Waals surface area contributed by atoms with Crippen molar-refractivity contribution in [2.75, 3.05) is 13.7 Å². The van der Waals surface area contributed by atoms with Crippen molar-refractivity contribution in [3.63, 3.8) is 0 Å². The third kappa shape index (κ3) is 2.22. The number of fused-ring (bicyclic) bond motifs is 1. The van der Waals surface area contributed by atoms with Crippen molar-refractivity contribution in [2.45, 2.75) is 18.4 Å². The average molecular weight is 303 g/mol. The van der Waals surface area contributed by atoms with Crippen molar-refractivity contribution in [2.24, 2.45) is 5.92 Å². The van der Waals surface area contributed by atoms with Crippen LogP contribution >= 0.6 is 11.8 Å². The molecule has 3 atom stereocenters. The minimum atomic E-state index is -1.28. The topological polar surface area (TPSA) is 113 Å². The van der Waals surface area contributed by atoms with Crippen molar-refractivity contribution in [1.29, 1.82) is 0 Å². The van der Waals surface area contributed by atoms with Gasteiger partial charge >= 0.3 is 12.1 Å². The lowest BCUT2D eigenvalue weighted by molar-refractivity contribution is -0.156. The quantitative estimate of drug-likeness (QED) is 0.550. The number of hydrogen-bond donors (Lipinski definition) is 2. The van der Waals surface area contributed by atoms with Crippen LogP contribution in [0.2, 0.25) is 0 Å². The first-order chi connectivity index (χ1) is 9.38. The predicted octanol–water partition coefficient (Wildman–Crippen LogP) is -0.0223. The molecule has 0 aromatic rings. The van der Waals surface area contributed by atoms with Gasteiger partial charge in [0.15, 0.2) is 0 Å². The highest BCUT2D eigenvalue weighted by Gasteiger charge is 2.57. The zero-order valence-electron chi connectivity index (χ0n) is 10.7. The zero-order valence-corrected chi connectivity index (χ0v) is 11.5. The summed E-state index contributed by atoms with van der Waals surface area (Å²) in [5, 5.41) is 18.2. The highest BCUT2D eigenvalue weighted by Crippen LogP contribution is 2.50. The molecule has 9 heteroatoms. The Morgan fingerprint density at radius 3 is 2.65 bits per heavy atom. The number of carbonyl (C=O) groups excluding carboxylic acids is 2. The summed E-state index contributed by atoms with van der Waals surface area (Å²) in [6.45, 7) is 1.19. The number of ether oxygens (including phenoxy) is 2. The molecular formula is C11H13NO7S. The van der Waals surface area contributed by atoms with E-state index in [4.69, 9.17) is 4.74 Å². The number of rotatable bonds is 4. The molecule has 0 radical (unpaired) electrons. The first-order valence-corrected chi connectivity index (χ1v) is 6.61. The minimum Gasteiger partial charge on any atom is -0.477 e. The smallest absolute Gasteiger partial charge is 0.477 e. The van der Waals surface area contributed by atoms with E-state index in [1.165, 1.54) is 6.92 Å². The fourth-order valence-electron chi connectivity index (χ4n) is 2.14. The van der Waals surface area contributed by atoms with E-state index in [2.05, 4.69) is 4.74 Å². The molecule has 2 N–H and O–H groups in total. The zero-order chi connectivity index (χ0) is 15.0. The van der Waals surface area contributed by atoms with Crippen molar-refractivity contribution in [3.05, 3.63) is 10.6 Å². The lowest BCUT2D eigenvalue weighted by Gasteiger charge is -2.43. The first-order valence-electron chi connectivity index (χ1n) is 5.73. The number of hydrogen-bond acceptors (Lipinski definition) is 7. The first kappa shape index (κ1) is 14.7. The van der Waals surface area contributed by atoms with Crippen LogP contribution in [-0.2, 0) is 19.1 Å². The van der Waals surface area contributed by atoms with Crippen LogP contribution in [0.1, 0.15) is 6.92 Å². The lowest BCUT2D eigenvalue weighted by Crippen LogP contribution is -2.60. The number of aliphatic carboxylic acids is 1. The van der Waals surface area contributed by atoms with E-state index in [1.54, 1.807) is 0 Å². The van der Waals surface area contributed by atoms with Crippen molar-refractivity contribution >= 4 is 29.8 Å². The highest BCUT2D eigenvalue weighted by atomic mass is 32.2. The van der Waals surface area contributed by atoms with Crippen molar-refractivity contribution < 1.29 is 34.1 Å². The number of methoxy groups -OCH3 is 1. The summed E-state index contributed by atoms with van der Waals surface area (Å²) in [5.74, 6) is -2.37. The molecule has 0 aromatic carbocycles. The SMILES string of the molecule is COC(=O)OCC1=C(C(=O)O)N2C(=O)[C@H]([C@@H](C)O)[C@H]2S1. The van der Waals surface area contributed by atoms with Crippen LogP contribution in [0.4, 0.5) is 4.79 Å². The molecule has 0 aromatic heterocycles. The van der Waals surface area contributed by atoms with Gasteiger partial charge in [0, 0.05) is 0 Å². The number of carboxylic acid groups (broad SMARTS) is 1. The van der Waals surface area contributed by atoms with E-state index in [0.717, 1.165) is 23.8 Å². The maximum atomic E-state index is 11.9. The predicted molar refractivity (Wildman–Crippen MR) is 66.4 cm³/mol. The van der Waals surface area contributed by atoms with E-state index in [0.29, 0.717) is 0 Å². The van der Waals surface area contributed by atoms with Crippen LogP contribution in [0.3, 0.4) is 0 Å². The van der Waals surface area contributed by atoms with Crippen LogP contribution in [0.15, 0.2) is 10.6 Å². The van der Waals surface area contributed by atoms with Gasteiger partial charge in [-0.05, 0) is 6.92 Å². The number of aliphatic hydroxyl groups excluding tert-OH is 1. The molecule has 0 unspecified atom stereocenters. The van der Waals surface area contributed by atoms with Gasteiger partial charge in [0.25, 0.3) is 0 Å². The normalized spacial score (nSPS) is 25.9. The Labute approximate surface area is 118 Å². The summed E-state index contributed by atoms with van der Waals surface area (Å²) in [7, 11) is 1.14. The molecular weight excluding hydrogens is 290 g/mol. The monoisotopic (exact) mass is 303 g/mol. The number of amides is 1. The molecule has 110 valence electrons. The Balaban J connectivity index is 2.17. The number of nitrogens with zero attached hydrogens (tertiary/aromatic N) is 1. The fraction of sp³-hybridized carbons (Fsp3) is 0.545. The molecule has 20 heavy (non-hydrogen) atoms. The van der Waals surface area contributed by atoms with Gasteiger partial charge in [-0.15, -0.1) is 0 Å². The van der Waals surface area contributed by atoms with Gasteiger partial charge < -0.3 is 19.7 Å². The van der Waals surface area contributed by atoms with Crippen LogP contribution in [0, 0.1) is 5.92 Å². The van der Waals surface area contributed by atoms with E-state index < -0.39 is 35.4 Å². The van der Waals surface area contributed by atoms with Gasteiger partial charge in [-0.2, -0.15) is 0 Å². The van der Waals surface area contributed by atoms with Gasteiger partial charge in [-0.1, -0.05) is 11.8 Å². The minimum absolute atomic E-state index is 0.203. The molecule has 1 fully saturated rings. The third-order valence-corrected chi connectivity index (χ3v) is 4.40. The van der Waals surface area contributed by atoms with Crippen LogP contribution < -0.4 is 0 Å². The molecule has 2 aliphatic rings. The van der Waals surface area contributed by atoms with Gasteiger partial charge in [-0.25, -0.2) is 9.59 Å². The molecule has 2 aliphatic heterocycles. The Morgan fingerprint density at radius 2 is 2.15 bits per heavy atom. The maximum absolute atomic E-state index is 11.9. The van der Waals surface area contributed by atoms with Gasteiger partial charge in [0.05, 0.1) is 24.0 Å². The second-order valence-corrected chi connectivity index (χ2v) is 5.51. The van der Waals surface area contributed by atoms with Crippen LogP contribution in [0.5, 0.6) is 0 Å². The molecule has 0 saturated carbocycles. The molecule has 8 nitrogen and oxygen atoms in total. The summed E-state index contributed by atoms with van der Waals surface area (Å²) in [4.78, 5) is 35.4. The number of carbonyl (C=O) groups is 3. The van der Waals surface area contributed by atoms with Crippen molar-refractivity contribution in [1.82, 2.24) is 4.90 Å². The molecule has 1 amide bonds. The molecule has 1 saturated heterocycles. The van der Waals surface area contributed by atoms with E-state index >= 15 is 0 Å². The third-order valence-electron chi connectivity index (χ3n) is 3.06. The number of β-lactam (4-membered cyclic amide) rings is 1. The molecule has 0 aliphatic carbocycles. The van der Waals surface area contributed by atoms with Gasteiger partial charge in [0.2, 0.25) is 5.91 Å². The fourth-order valence-corrected chi connectivity index (χ4v) is 3.66. The summed E-state index contributed by atoms with van der Waals surface area (Å²) in [6, 6.07) is 0. The Kier molecular flexibility index (Phi) is 3.91. The number of thioether (sulfide) groups is 1. The summed E-state index contributed by atoms with van der Waals surface area (Å²) >= 11 is 1.10. The molecule has 0 spiro atoms. The van der Waals surface area contributed by atoms with Gasteiger partial charge in [-0.3, -0.25) is 9.69 Å². The maximum Gasteiger partial charge on any atom is 0.508 e. The second-order valence-electron chi connectivity index (χ2n) is 4.30. The standard InChI is InChI=1S/C11H13NO7S/c1-4(13)6-8(14)12-7(10(15)16)5(20-9(6)12)3-19-11(17)18-2/h4,6,9,13H,3H2,1-2H3,(H,15,16)/t4-,6+,9-/m1/s1. The summed E-state index contributed by atoms with van der Waals surface area (Å²) < 4.78 is 9.00. The van der Waals surface area contributed by atoms with E-state index in [9.17, 15) is 24.6 Å². The highest BCUT2D eigenvalue weighted by molar-refractivity contribution is 8.04. The van der Waals surface area contributed by atoms with E-state index in [-0.39, 0.29) is 17.2 Å².